The molecular formula is C13H14N2O2. The van der Waals surface area contributed by atoms with Crippen molar-refractivity contribution in [2.24, 2.45) is 7.05 Å². The van der Waals surface area contributed by atoms with E-state index in [4.69, 9.17) is 4.74 Å². The van der Waals surface area contributed by atoms with Gasteiger partial charge in [-0.05, 0) is 31.2 Å². The molecule has 0 N–H and O–H groups in total. The van der Waals surface area contributed by atoms with Crippen LogP contribution in [0.1, 0.15) is 17.3 Å². The number of hydrogen-bond acceptors (Lipinski definition) is 3. The third kappa shape index (κ3) is 2.06. The minimum absolute atomic E-state index is 0.0175. The van der Waals surface area contributed by atoms with Gasteiger partial charge in [0.2, 0.25) is 0 Å². The van der Waals surface area contributed by atoms with Crippen LogP contribution < -0.4 is 4.74 Å². The maximum absolute atomic E-state index is 11.5. The van der Waals surface area contributed by atoms with Gasteiger partial charge < -0.3 is 4.74 Å². The number of ketones is 1. The summed E-state index contributed by atoms with van der Waals surface area (Å²) in [5.41, 5.74) is 2.42. The highest BCUT2D eigenvalue weighted by Gasteiger charge is 2.14. The molecule has 0 aliphatic rings. The smallest absolute Gasteiger partial charge is 0.163 e. The molecule has 0 radical (unpaired) electrons. The van der Waals surface area contributed by atoms with Gasteiger partial charge in [-0.15, -0.1) is 0 Å². The Bertz CT molecular complexity index is 541. The molecule has 0 spiro atoms. The lowest BCUT2D eigenvalue weighted by Gasteiger charge is -2.06. The molecule has 1 aromatic carbocycles. The number of carbonyl (C=O) groups excluding carboxylic acids is 1. The fraction of sp³-hybridized carbons (Fsp3) is 0.231. The van der Waals surface area contributed by atoms with E-state index < -0.39 is 0 Å². The predicted molar refractivity (Wildman–Crippen MR) is 65.2 cm³/mol. The van der Waals surface area contributed by atoms with Crippen LogP contribution in [-0.4, -0.2) is 22.7 Å². The van der Waals surface area contributed by atoms with E-state index in [1.54, 1.807) is 24.9 Å². The van der Waals surface area contributed by atoms with E-state index in [1.807, 2.05) is 31.3 Å². The minimum Gasteiger partial charge on any atom is -0.497 e. The van der Waals surface area contributed by atoms with E-state index in [0.29, 0.717) is 5.56 Å². The molecule has 1 aromatic heterocycles. The quantitative estimate of drug-likeness (QED) is 0.760. The number of ether oxygens (including phenoxy) is 1. The second-order valence-electron chi connectivity index (χ2n) is 3.82. The molecule has 0 unspecified atom stereocenters. The van der Waals surface area contributed by atoms with Crippen LogP contribution in [0.2, 0.25) is 0 Å². The largest absolute Gasteiger partial charge is 0.497 e. The highest BCUT2D eigenvalue weighted by atomic mass is 16.5. The molecule has 0 saturated carbocycles. The number of rotatable bonds is 3. The lowest BCUT2D eigenvalue weighted by Crippen LogP contribution is -1.98. The topological polar surface area (TPSA) is 44.1 Å². The van der Waals surface area contributed by atoms with Crippen molar-refractivity contribution in [3.8, 4) is 17.0 Å². The van der Waals surface area contributed by atoms with Gasteiger partial charge in [0.15, 0.2) is 5.78 Å². The normalized spacial score (nSPS) is 10.3. The molecule has 0 aliphatic carbocycles. The molecule has 0 atom stereocenters. The Morgan fingerprint density at radius 1 is 1.29 bits per heavy atom. The molecule has 17 heavy (non-hydrogen) atoms. The lowest BCUT2D eigenvalue weighted by atomic mass is 10.1. The summed E-state index contributed by atoms with van der Waals surface area (Å²) in [7, 11) is 3.45. The van der Waals surface area contributed by atoms with Gasteiger partial charge in [0.05, 0.1) is 24.6 Å². The second-order valence-corrected chi connectivity index (χ2v) is 3.82. The van der Waals surface area contributed by atoms with Gasteiger partial charge in [-0.25, -0.2) is 0 Å². The molecule has 1 heterocycles. The second kappa shape index (κ2) is 4.41. The Morgan fingerprint density at radius 3 is 2.47 bits per heavy atom. The van der Waals surface area contributed by atoms with Gasteiger partial charge >= 0.3 is 0 Å². The predicted octanol–water partition coefficient (Wildman–Crippen LogP) is 2.30. The third-order valence-corrected chi connectivity index (χ3v) is 2.68. The zero-order valence-corrected chi connectivity index (χ0v) is 10.1. The number of benzene rings is 1. The van der Waals surface area contributed by atoms with Crippen LogP contribution in [-0.2, 0) is 7.05 Å². The molecule has 0 aliphatic heterocycles. The van der Waals surface area contributed by atoms with Crippen LogP contribution in [0.15, 0.2) is 30.5 Å². The Labute approximate surface area is 99.8 Å². The molecule has 4 heteroatoms. The van der Waals surface area contributed by atoms with E-state index in [2.05, 4.69) is 5.10 Å². The highest BCUT2D eigenvalue weighted by molar-refractivity contribution is 5.99. The fourth-order valence-electron chi connectivity index (χ4n) is 1.79. The van der Waals surface area contributed by atoms with Gasteiger partial charge in [-0.2, -0.15) is 5.10 Å². The minimum atomic E-state index is 0.0175. The SMILES string of the molecule is COc1ccc(-c2c(C(C)=O)cnn2C)cc1. The molecule has 88 valence electrons. The van der Waals surface area contributed by atoms with Crippen molar-refractivity contribution in [3.05, 3.63) is 36.0 Å². The van der Waals surface area contributed by atoms with Gasteiger partial charge in [0.1, 0.15) is 5.75 Å². The molecule has 0 fully saturated rings. The first kappa shape index (κ1) is 11.4. The maximum atomic E-state index is 11.5. The Balaban J connectivity index is 2.51. The van der Waals surface area contributed by atoms with Gasteiger partial charge in [-0.3, -0.25) is 9.48 Å². The monoisotopic (exact) mass is 230 g/mol. The molecule has 4 nitrogen and oxygen atoms in total. The van der Waals surface area contributed by atoms with E-state index in [-0.39, 0.29) is 5.78 Å². The van der Waals surface area contributed by atoms with Crippen molar-refractivity contribution in [2.75, 3.05) is 7.11 Å². The van der Waals surface area contributed by atoms with Crippen LogP contribution in [0.25, 0.3) is 11.3 Å². The fourth-order valence-corrected chi connectivity index (χ4v) is 1.79. The van der Waals surface area contributed by atoms with Crippen molar-refractivity contribution in [1.29, 1.82) is 0 Å². The van der Waals surface area contributed by atoms with Crippen LogP contribution in [0.4, 0.5) is 0 Å². The summed E-state index contributed by atoms with van der Waals surface area (Å²) in [6.45, 7) is 1.55. The summed E-state index contributed by atoms with van der Waals surface area (Å²) in [6.07, 6.45) is 1.60. The van der Waals surface area contributed by atoms with Crippen molar-refractivity contribution in [2.45, 2.75) is 6.92 Å². The summed E-state index contributed by atoms with van der Waals surface area (Å²) in [5, 5.41) is 4.12. The molecule has 2 aromatic rings. The summed E-state index contributed by atoms with van der Waals surface area (Å²) >= 11 is 0. The summed E-state index contributed by atoms with van der Waals surface area (Å²) in [4.78, 5) is 11.5. The average Bonchev–Trinajstić information content (AvgIpc) is 2.71. The van der Waals surface area contributed by atoms with E-state index in [1.165, 1.54) is 0 Å². The summed E-state index contributed by atoms with van der Waals surface area (Å²) in [5.74, 6) is 0.809. The van der Waals surface area contributed by atoms with E-state index in [0.717, 1.165) is 17.0 Å². The number of methoxy groups -OCH3 is 1. The van der Waals surface area contributed by atoms with Crippen LogP contribution in [0.5, 0.6) is 5.75 Å². The number of aromatic nitrogens is 2. The van der Waals surface area contributed by atoms with Crippen LogP contribution in [0.3, 0.4) is 0 Å². The summed E-state index contributed by atoms with van der Waals surface area (Å²) in [6, 6.07) is 7.57. The van der Waals surface area contributed by atoms with Crippen molar-refractivity contribution >= 4 is 5.78 Å². The zero-order valence-electron chi connectivity index (χ0n) is 10.1. The standard InChI is InChI=1S/C13H14N2O2/c1-9(16)12-8-14-15(2)13(12)10-4-6-11(17-3)7-5-10/h4-8H,1-3H3. The average molecular weight is 230 g/mol. The first-order valence-corrected chi connectivity index (χ1v) is 5.31. The molecule has 0 bridgehead atoms. The van der Waals surface area contributed by atoms with Crippen LogP contribution >= 0.6 is 0 Å². The van der Waals surface area contributed by atoms with Crippen molar-refractivity contribution in [1.82, 2.24) is 9.78 Å². The number of aryl methyl sites for hydroxylation is 1. The lowest BCUT2D eigenvalue weighted by molar-refractivity contribution is 0.101. The molecule has 0 amide bonds. The Kier molecular flexibility index (Phi) is 2.95. The van der Waals surface area contributed by atoms with Crippen molar-refractivity contribution < 1.29 is 9.53 Å². The summed E-state index contributed by atoms with van der Waals surface area (Å²) < 4.78 is 6.81. The van der Waals surface area contributed by atoms with Gasteiger partial charge in [0, 0.05) is 12.6 Å². The Morgan fingerprint density at radius 2 is 1.94 bits per heavy atom. The van der Waals surface area contributed by atoms with Gasteiger partial charge in [-0.1, -0.05) is 0 Å². The number of carbonyl (C=O) groups is 1. The van der Waals surface area contributed by atoms with E-state index in [9.17, 15) is 4.79 Å². The number of nitrogens with zero attached hydrogens (tertiary/aromatic N) is 2. The Hall–Kier alpha value is -2.10. The van der Waals surface area contributed by atoms with Crippen LogP contribution in [0, 0.1) is 0 Å². The zero-order chi connectivity index (χ0) is 12.4. The number of Topliss-reactive ketones (excluding diaryl/α,β-unsaturated/α-hetero) is 1. The highest BCUT2D eigenvalue weighted by Crippen LogP contribution is 2.25. The first-order chi connectivity index (χ1) is 8.13. The molecular weight excluding hydrogens is 216 g/mol. The van der Waals surface area contributed by atoms with Crippen molar-refractivity contribution in [3.63, 3.8) is 0 Å². The molecule has 2 rings (SSSR count). The maximum Gasteiger partial charge on any atom is 0.163 e. The first-order valence-electron chi connectivity index (χ1n) is 5.31. The number of hydrogen-bond donors (Lipinski definition) is 0. The van der Waals surface area contributed by atoms with E-state index >= 15 is 0 Å². The van der Waals surface area contributed by atoms with Gasteiger partial charge in [0.25, 0.3) is 0 Å². The third-order valence-electron chi connectivity index (χ3n) is 2.68. The molecule has 0 saturated heterocycles.